The summed E-state index contributed by atoms with van der Waals surface area (Å²) >= 11 is 4.12. The summed E-state index contributed by atoms with van der Waals surface area (Å²) in [6.45, 7) is 4.37. The first kappa shape index (κ1) is 25.9. The van der Waals surface area contributed by atoms with Crippen LogP contribution < -0.4 is 25.6 Å². The molecule has 2 aliphatic rings. The lowest BCUT2D eigenvalue weighted by Gasteiger charge is -2.50. The van der Waals surface area contributed by atoms with Crippen molar-refractivity contribution >= 4 is 68.2 Å². The van der Waals surface area contributed by atoms with Gasteiger partial charge in [0.15, 0.2) is 10.8 Å². The van der Waals surface area contributed by atoms with Crippen LogP contribution in [0.3, 0.4) is 0 Å². The van der Waals surface area contributed by atoms with Gasteiger partial charge in [-0.15, -0.1) is 23.1 Å². The zero-order chi connectivity index (χ0) is 26.3. The fraction of sp³-hybridized carbons (Fsp3) is 0.429. The number of carbonyl (C=O) groups excluding carboxylic acids is 3. The number of carbonyl (C=O) groups is 3. The van der Waals surface area contributed by atoms with Gasteiger partial charge in [0.2, 0.25) is 0 Å². The smallest absolute Gasteiger partial charge is 0.336 e. The van der Waals surface area contributed by atoms with Crippen LogP contribution in [-0.2, 0) is 26.3 Å². The standard InChI is InChI=1S/C21H25N7O5S3/c1-9-10(2)36-21(27(9)4)26(3)6-11-7-34-18-14(17(30)28(18)15(11)19(31)32)24-16(29)13(25-33-5)12-8-35-20(22)23-12/h8,14,18H,6-7H2,1-5H3,(H3-,22,23,24,29,31,32)/b25-13-. The minimum Gasteiger partial charge on any atom is -0.543 e. The first-order chi connectivity index (χ1) is 17.0. The van der Waals surface area contributed by atoms with E-state index in [-0.39, 0.29) is 22.2 Å². The van der Waals surface area contributed by atoms with E-state index in [1.165, 1.54) is 28.6 Å². The highest BCUT2D eigenvalue weighted by Crippen LogP contribution is 2.40. The van der Waals surface area contributed by atoms with E-state index in [1.807, 2.05) is 37.4 Å². The molecule has 36 heavy (non-hydrogen) atoms. The van der Waals surface area contributed by atoms with E-state index in [1.54, 1.807) is 16.7 Å². The highest BCUT2D eigenvalue weighted by molar-refractivity contribution is 8.00. The molecule has 1 fully saturated rings. The Hall–Kier alpha value is -3.17. The lowest BCUT2D eigenvalue weighted by Crippen LogP contribution is -2.71. The number of aliphatic carboxylic acids is 1. The van der Waals surface area contributed by atoms with Crippen molar-refractivity contribution in [3.05, 3.63) is 32.9 Å². The number of β-lactam (4-membered cyclic amide) rings is 1. The van der Waals surface area contributed by atoms with E-state index in [9.17, 15) is 19.5 Å². The summed E-state index contributed by atoms with van der Waals surface area (Å²) in [5, 5.41) is 20.6. The number of aryl methyl sites for hydroxylation is 1. The van der Waals surface area contributed by atoms with Crippen molar-refractivity contribution in [1.82, 2.24) is 15.2 Å². The largest absolute Gasteiger partial charge is 0.543 e. The number of fused-ring (bicyclic) bond motifs is 1. The molecular weight excluding hydrogens is 526 g/mol. The molecule has 0 aliphatic carbocycles. The monoisotopic (exact) mass is 551 g/mol. The molecule has 4 rings (SSSR count). The van der Waals surface area contributed by atoms with Gasteiger partial charge in [0.25, 0.3) is 11.8 Å². The maximum absolute atomic E-state index is 13.0. The molecule has 0 aromatic carbocycles. The highest BCUT2D eigenvalue weighted by atomic mass is 32.2. The number of anilines is 2. The lowest BCUT2D eigenvalue weighted by atomic mass is 10.0. The summed E-state index contributed by atoms with van der Waals surface area (Å²) < 4.78 is 2.05. The summed E-state index contributed by atoms with van der Waals surface area (Å²) in [6.07, 6.45) is 0. The van der Waals surface area contributed by atoms with E-state index >= 15 is 0 Å². The number of rotatable bonds is 8. The zero-order valence-electron chi connectivity index (χ0n) is 20.2. The van der Waals surface area contributed by atoms with Crippen molar-refractivity contribution in [3.63, 3.8) is 0 Å². The maximum Gasteiger partial charge on any atom is 0.336 e. The molecule has 0 bridgehead atoms. The molecule has 2 aromatic heterocycles. The quantitative estimate of drug-likeness (QED) is 0.184. The van der Waals surface area contributed by atoms with Crippen molar-refractivity contribution in [1.29, 1.82) is 0 Å². The molecule has 0 saturated carbocycles. The van der Waals surface area contributed by atoms with Gasteiger partial charge in [-0.3, -0.25) is 19.4 Å². The van der Waals surface area contributed by atoms with Crippen LogP contribution >= 0.6 is 34.4 Å². The number of hydrogen-bond donors (Lipinski definition) is 2. The summed E-state index contributed by atoms with van der Waals surface area (Å²) in [5.74, 6) is -2.28. The van der Waals surface area contributed by atoms with Crippen molar-refractivity contribution in [2.75, 3.05) is 37.1 Å². The number of thiazole rings is 2. The van der Waals surface area contributed by atoms with Crippen LogP contribution in [-0.4, -0.2) is 71.3 Å². The van der Waals surface area contributed by atoms with Crippen molar-refractivity contribution in [2.45, 2.75) is 25.3 Å². The Bertz CT molecular complexity index is 1300. The molecule has 2 aromatic rings. The number of nitrogens with two attached hydrogens (primary N) is 1. The third kappa shape index (κ3) is 4.53. The number of amides is 2. The van der Waals surface area contributed by atoms with E-state index in [0.29, 0.717) is 17.9 Å². The Kier molecular flexibility index (Phi) is 7.24. The van der Waals surface area contributed by atoms with Gasteiger partial charge in [0.05, 0.1) is 30.6 Å². The van der Waals surface area contributed by atoms with Crippen LogP contribution in [0, 0.1) is 13.8 Å². The number of carboxylic acid groups (broad SMARTS) is 1. The molecule has 192 valence electrons. The van der Waals surface area contributed by atoms with Crippen molar-refractivity contribution < 1.29 is 28.9 Å². The Morgan fingerprint density at radius 2 is 2.17 bits per heavy atom. The van der Waals surface area contributed by atoms with E-state index < -0.39 is 29.2 Å². The number of thioether (sulfide) groups is 1. The van der Waals surface area contributed by atoms with Crippen LogP contribution in [0.5, 0.6) is 0 Å². The Morgan fingerprint density at radius 3 is 2.72 bits per heavy atom. The first-order valence-corrected chi connectivity index (χ1v) is 13.5. The van der Waals surface area contributed by atoms with Gasteiger partial charge < -0.3 is 25.8 Å². The SMILES string of the molecule is CO/N=C(\C(=O)NC1C(=O)N2C(C(=O)[O-])=C(CN(C)c3sc(C)c(C)[n+]3C)CSC12)c1csc(N)n1. The highest BCUT2D eigenvalue weighted by Gasteiger charge is 2.53. The van der Waals surface area contributed by atoms with Gasteiger partial charge in [-0.25, -0.2) is 9.55 Å². The summed E-state index contributed by atoms with van der Waals surface area (Å²) in [5.41, 5.74) is 7.28. The molecule has 0 spiro atoms. The average Bonchev–Trinajstić information content (AvgIpc) is 3.38. The number of likely N-dealkylation sites (N-methyl/N-ethyl adjacent to an activating group) is 1. The van der Waals surface area contributed by atoms with Crippen molar-refractivity contribution in [2.24, 2.45) is 12.2 Å². The number of oxime groups is 1. The number of aromatic nitrogens is 2. The van der Waals surface area contributed by atoms with Crippen molar-refractivity contribution in [3.8, 4) is 0 Å². The number of nitrogens with one attached hydrogen (secondary N) is 1. The van der Waals surface area contributed by atoms with Crippen LogP contribution in [0.25, 0.3) is 0 Å². The second-order valence-electron chi connectivity index (χ2n) is 8.24. The molecule has 2 unspecified atom stereocenters. The summed E-state index contributed by atoms with van der Waals surface area (Å²) in [4.78, 5) is 51.1. The molecule has 15 heteroatoms. The van der Waals surface area contributed by atoms with Gasteiger partial charge in [-0.1, -0.05) is 16.5 Å². The molecule has 4 heterocycles. The summed E-state index contributed by atoms with van der Waals surface area (Å²) in [7, 11) is 5.12. The van der Waals surface area contributed by atoms with Crippen LogP contribution in [0.2, 0.25) is 0 Å². The molecule has 0 radical (unpaired) electrons. The predicted octanol–water partition coefficient (Wildman–Crippen LogP) is -0.881. The number of nitrogen functional groups attached to an aromatic ring is 1. The number of nitrogens with zero attached hydrogens (tertiary/aromatic N) is 5. The van der Waals surface area contributed by atoms with E-state index in [4.69, 9.17) is 10.6 Å². The fourth-order valence-electron chi connectivity index (χ4n) is 4.04. The molecule has 2 aliphatic heterocycles. The average molecular weight is 552 g/mol. The fourth-order valence-corrected chi connectivity index (χ4v) is 6.98. The van der Waals surface area contributed by atoms with Crippen LogP contribution in [0.4, 0.5) is 10.3 Å². The van der Waals surface area contributed by atoms with Gasteiger partial charge >= 0.3 is 5.13 Å². The lowest BCUT2D eigenvalue weighted by molar-refractivity contribution is -0.660. The molecule has 1 saturated heterocycles. The normalized spacial score (nSPS) is 19.6. The second kappa shape index (κ2) is 10.1. The van der Waals surface area contributed by atoms with Gasteiger partial charge in [0.1, 0.15) is 36.5 Å². The number of carboxylic acids is 1. The maximum atomic E-state index is 13.0. The van der Waals surface area contributed by atoms with Gasteiger partial charge in [0, 0.05) is 16.7 Å². The van der Waals surface area contributed by atoms with Gasteiger partial charge in [-0.05, 0) is 13.8 Å². The third-order valence-corrected chi connectivity index (χ3v) is 9.37. The topological polar surface area (TPSA) is 157 Å². The van der Waals surface area contributed by atoms with Gasteiger partial charge in [-0.2, -0.15) is 0 Å². The third-order valence-electron chi connectivity index (χ3n) is 5.99. The molecule has 2 atom stereocenters. The zero-order valence-corrected chi connectivity index (χ0v) is 22.7. The van der Waals surface area contributed by atoms with E-state index in [0.717, 1.165) is 22.2 Å². The Balaban J connectivity index is 1.53. The van der Waals surface area contributed by atoms with E-state index in [2.05, 4.69) is 15.5 Å². The number of hydrogen-bond acceptors (Lipinski definition) is 12. The van der Waals surface area contributed by atoms with Crippen LogP contribution in [0.15, 0.2) is 21.8 Å². The minimum absolute atomic E-state index is 0.134. The summed E-state index contributed by atoms with van der Waals surface area (Å²) in [6, 6.07) is -0.936. The first-order valence-electron chi connectivity index (χ1n) is 10.7. The molecule has 3 N–H and O–H groups in total. The minimum atomic E-state index is -1.43. The molecule has 12 nitrogen and oxygen atoms in total. The second-order valence-corrected chi connectivity index (χ2v) is 11.4. The molecular formula is C21H25N7O5S3. The predicted molar refractivity (Wildman–Crippen MR) is 135 cm³/mol. The Morgan fingerprint density at radius 1 is 1.44 bits per heavy atom. The molecule has 2 amide bonds. The van der Waals surface area contributed by atoms with Crippen LogP contribution in [0.1, 0.15) is 16.3 Å². The Labute approximate surface area is 219 Å².